The molecule has 0 spiro atoms. The van der Waals surface area contributed by atoms with Crippen LogP contribution in [-0.2, 0) is 9.09 Å². The smallest absolute Gasteiger partial charge is 0.324 e. The van der Waals surface area contributed by atoms with Gasteiger partial charge in [0.15, 0.2) is 0 Å². The zero-order valence-electron chi connectivity index (χ0n) is 15.4. The van der Waals surface area contributed by atoms with Gasteiger partial charge in [0.05, 0.1) is 12.8 Å². The predicted molar refractivity (Wildman–Crippen MR) is 96.5 cm³/mol. The Bertz CT molecular complexity index is 292. The normalized spacial score (nSPS) is 15.9. The molecule has 0 fully saturated rings. The summed E-state index contributed by atoms with van der Waals surface area (Å²) in [6, 6.07) is 0. The van der Waals surface area contributed by atoms with Crippen molar-refractivity contribution in [3.8, 4) is 0 Å². The molecule has 0 bridgehead atoms. The Morgan fingerprint density at radius 2 is 1.59 bits per heavy atom. The Labute approximate surface area is 138 Å². The lowest BCUT2D eigenvalue weighted by Crippen LogP contribution is -2.08. The molecular formula is C18H39O3P. The third kappa shape index (κ3) is 13.8. The lowest BCUT2D eigenvalue weighted by Gasteiger charge is -2.18. The molecule has 2 atom stereocenters. The average molecular weight is 334 g/mol. The summed E-state index contributed by atoms with van der Waals surface area (Å²) in [5.74, 6) is 1.12. The van der Waals surface area contributed by atoms with Crippen LogP contribution < -0.4 is 0 Å². The molecule has 0 aliphatic heterocycles. The van der Waals surface area contributed by atoms with Gasteiger partial charge in [-0.05, 0) is 24.7 Å². The monoisotopic (exact) mass is 334 g/mol. The second-order valence-electron chi connectivity index (χ2n) is 7.02. The summed E-state index contributed by atoms with van der Waals surface area (Å²) >= 11 is 0. The highest BCUT2D eigenvalue weighted by Crippen LogP contribution is 2.45. The average Bonchev–Trinajstić information content (AvgIpc) is 2.45. The molecular weight excluding hydrogens is 295 g/mol. The van der Waals surface area contributed by atoms with Gasteiger partial charge in [-0.2, -0.15) is 0 Å². The fraction of sp³-hybridized carbons (Fsp3) is 1.00. The van der Waals surface area contributed by atoms with Crippen LogP contribution in [0, 0.1) is 11.8 Å². The van der Waals surface area contributed by atoms with Gasteiger partial charge in [-0.1, -0.05) is 79.1 Å². The Balaban J connectivity index is 3.68. The second-order valence-corrected chi connectivity index (χ2v) is 8.92. The minimum Gasteiger partial charge on any atom is -0.324 e. The van der Waals surface area contributed by atoms with Gasteiger partial charge in [-0.15, -0.1) is 0 Å². The molecule has 22 heavy (non-hydrogen) atoms. The van der Waals surface area contributed by atoms with Gasteiger partial charge in [0.1, 0.15) is 0 Å². The summed E-state index contributed by atoms with van der Waals surface area (Å²) in [5, 5.41) is 0. The molecule has 0 radical (unpaired) electrons. The topological polar surface area (TPSA) is 46.5 Å². The molecule has 1 N–H and O–H groups in total. The maximum Gasteiger partial charge on any atom is 0.328 e. The molecule has 0 aromatic heterocycles. The first-order valence-electron chi connectivity index (χ1n) is 9.37. The summed E-state index contributed by atoms with van der Waals surface area (Å²) in [5.41, 5.74) is 0. The van der Waals surface area contributed by atoms with Crippen LogP contribution in [0.2, 0.25) is 0 Å². The fourth-order valence-electron chi connectivity index (χ4n) is 2.69. The molecule has 2 unspecified atom stereocenters. The molecule has 0 amide bonds. The van der Waals surface area contributed by atoms with Gasteiger partial charge >= 0.3 is 7.60 Å². The van der Waals surface area contributed by atoms with Gasteiger partial charge in [0, 0.05) is 0 Å². The van der Waals surface area contributed by atoms with Crippen molar-refractivity contribution in [2.75, 3.05) is 12.8 Å². The second kappa shape index (κ2) is 13.6. The lowest BCUT2D eigenvalue weighted by molar-refractivity contribution is 0.246. The van der Waals surface area contributed by atoms with Crippen molar-refractivity contribution in [3.05, 3.63) is 0 Å². The van der Waals surface area contributed by atoms with E-state index in [0.29, 0.717) is 18.7 Å². The minimum atomic E-state index is -3.38. The standard InChI is InChI=1S/C18H39O3P/c1-5-7-14-18(6-2)16-22(19,20)21-15-12-10-8-9-11-13-17(3)4/h17-18H,5-16H2,1-4H3,(H,19,20). The molecule has 0 rings (SSSR count). The Hall–Kier alpha value is 0.150. The van der Waals surface area contributed by atoms with Gasteiger partial charge in [-0.3, -0.25) is 4.57 Å². The van der Waals surface area contributed by atoms with E-state index in [1.54, 1.807) is 0 Å². The number of hydrogen-bond donors (Lipinski definition) is 1. The molecule has 3 nitrogen and oxygen atoms in total. The first-order valence-corrected chi connectivity index (χ1v) is 11.1. The van der Waals surface area contributed by atoms with Crippen LogP contribution >= 0.6 is 7.60 Å². The van der Waals surface area contributed by atoms with E-state index >= 15 is 0 Å². The summed E-state index contributed by atoms with van der Waals surface area (Å²) in [6.07, 6.45) is 11.7. The number of unbranched alkanes of at least 4 members (excludes halogenated alkanes) is 5. The first-order chi connectivity index (χ1) is 10.4. The van der Waals surface area contributed by atoms with Crippen LogP contribution in [0.15, 0.2) is 0 Å². The van der Waals surface area contributed by atoms with Crippen molar-refractivity contribution in [3.63, 3.8) is 0 Å². The summed E-state index contributed by atoms with van der Waals surface area (Å²) in [6.45, 7) is 9.20. The van der Waals surface area contributed by atoms with Crippen LogP contribution in [0.25, 0.3) is 0 Å². The molecule has 0 aromatic carbocycles. The molecule has 0 saturated carbocycles. The maximum atomic E-state index is 12.1. The van der Waals surface area contributed by atoms with E-state index in [-0.39, 0.29) is 0 Å². The maximum absolute atomic E-state index is 12.1. The minimum absolute atomic E-state index is 0.326. The zero-order chi connectivity index (χ0) is 16.8. The molecule has 0 heterocycles. The molecule has 0 saturated heterocycles. The van der Waals surface area contributed by atoms with Crippen LogP contribution in [0.5, 0.6) is 0 Å². The highest BCUT2D eigenvalue weighted by Gasteiger charge is 2.23. The van der Waals surface area contributed by atoms with E-state index in [2.05, 4.69) is 27.7 Å². The highest BCUT2D eigenvalue weighted by atomic mass is 31.2. The van der Waals surface area contributed by atoms with E-state index in [0.717, 1.165) is 44.4 Å². The van der Waals surface area contributed by atoms with E-state index in [1.807, 2.05) is 0 Å². The van der Waals surface area contributed by atoms with Crippen LogP contribution in [-0.4, -0.2) is 17.7 Å². The van der Waals surface area contributed by atoms with Gasteiger partial charge < -0.3 is 9.42 Å². The lowest BCUT2D eigenvalue weighted by atomic mass is 10.0. The quantitative estimate of drug-likeness (QED) is 0.278. The van der Waals surface area contributed by atoms with Crippen LogP contribution in [0.4, 0.5) is 0 Å². The third-order valence-corrected chi connectivity index (χ3v) is 5.81. The third-order valence-electron chi connectivity index (χ3n) is 4.25. The van der Waals surface area contributed by atoms with Gasteiger partial charge in [0.2, 0.25) is 0 Å². The highest BCUT2D eigenvalue weighted by molar-refractivity contribution is 7.52. The fourth-order valence-corrected chi connectivity index (χ4v) is 4.30. The van der Waals surface area contributed by atoms with Crippen molar-refractivity contribution < 1.29 is 14.0 Å². The summed E-state index contributed by atoms with van der Waals surface area (Å²) in [7, 11) is -3.38. The summed E-state index contributed by atoms with van der Waals surface area (Å²) < 4.78 is 17.4. The van der Waals surface area contributed by atoms with Crippen molar-refractivity contribution >= 4 is 7.60 Å². The first kappa shape index (κ1) is 22.1. The van der Waals surface area contributed by atoms with Crippen LogP contribution in [0.1, 0.15) is 91.9 Å². The Kier molecular flexibility index (Phi) is 13.7. The predicted octanol–water partition coefficient (Wildman–Crippen LogP) is 6.40. The van der Waals surface area contributed by atoms with E-state index in [4.69, 9.17) is 4.52 Å². The van der Waals surface area contributed by atoms with Crippen molar-refractivity contribution in [2.45, 2.75) is 91.9 Å². The molecule has 134 valence electrons. The molecule has 4 heteroatoms. The Morgan fingerprint density at radius 1 is 0.955 bits per heavy atom. The molecule has 0 aromatic rings. The van der Waals surface area contributed by atoms with Crippen molar-refractivity contribution in [1.29, 1.82) is 0 Å². The molecule has 0 aliphatic carbocycles. The zero-order valence-corrected chi connectivity index (χ0v) is 16.2. The molecule has 0 aliphatic rings. The number of hydrogen-bond acceptors (Lipinski definition) is 2. The van der Waals surface area contributed by atoms with E-state index in [9.17, 15) is 9.46 Å². The summed E-state index contributed by atoms with van der Waals surface area (Å²) in [4.78, 5) is 9.95. The van der Waals surface area contributed by atoms with Gasteiger partial charge in [0.25, 0.3) is 0 Å². The van der Waals surface area contributed by atoms with Crippen LogP contribution in [0.3, 0.4) is 0 Å². The largest absolute Gasteiger partial charge is 0.328 e. The van der Waals surface area contributed by atoms with Crippen molar-refractivity contribution in [1.82, 2.24) is 0 Å². The number of rotatable bonds is 15. The van der Waals surface area contributed by atoms with E-state index in [1.165, 1.54) is 25.7 Å². The van der Waals surface area contributed by atoms with Gasteiger partial charge in [-0.25, -0.2) is 0 Å². The van der Waals surface area contributed by atoms with E-state index < -0.39 is 7.60 Å². The van der Waals surface area contributed by atoms with Crippen molar-refractivity contribution in [2.24, 2.45) is 11.8 Å². The SMILES string of the molecule is CCCCC(CC)CP(=O)(O)OCCCCCCCC(C)C. The Morgan fingerprint density at radius 3 is 2.18 bits per heavy atom.